The average Bonchev–Trinajstić information content (AvgIpc) is 2.38. The number of pyridine rings is 1. The van der Waals surface area contributed by atoms with Crippen molar-refractivity contribution in [3.63, 3.8) is 0 Å². The van der Waals surface area contributed by atoms with Gasteiger partial charge in [0.25, 0.3) is 0 Å². The summed E-state index contributed by atoms with van der Waals surface area (Å²) in [6.07, 6.45) is 8.80. The first-order chi connectivity index (χ1) is 8.74. The lowest BCUT2D eigenvalue weighted by Crippen LogP contribution is -2.01. The van der Waals surface area contributed by atoms with Gasteiger partial charge in [0.1, 0.15) is 11.4 Å². The zero-order valence-corrected chi connectivity index (χ0v) is 10.9. The summed E-state index contributed by atoms with van der Waals surface area (Å²) in [5.41, 5.74) is 0.0434. The predicted molar refractivity (Wildman–Crippen MR) is 70.1 cm³/mol. The molecule has 4 nitrogen and oxygen atoms in total. The van der Waals surface area contributed by atoms with E-state index >= 15 is 0 Å². The normalized spacial score (nSPS) is 10.3. The summed E-state index contributed by atoms with van der Waals surface area (Å²) in [4.78, 5) is 14.4. The standard InChI is InChI=1S/C14H21NO3/c1-2-3-4-5-6-7-10-18-12-8-9-13(14(16)17)15-11-12/h8-9,11H,2-7,10H2,1H3,(H,16,17). The van der Waals surface area contributed by atoms with Crippen molar-refractivity contribution < 1.29 is 14.6 Å². The van der Waals surface area contributed by atoms with E-state index < -0.39 is 5.97 Å². The van der Waals surface area contributed by atoms with Gasteiger partial charge in [0.05, 0.1) is 12.8 Å². The number of unbranched alkanes of at least 4 members (excludes halogenated alkanes) is 5. The highest BCUT2D eigenvalue weighted by Crippen LogP contribution is 2.11. The van der Waals surface area contributed by atoms with Crippen molar-refractivity contribution in [3.8, 4) is 5.75 Å². The maximum atomic E-state index is 10.6. The molecule has 0 fully saturated rings. The molecule has 0 spiro atoms. The van der Waals surface area contributed by atoms with E-state index in [9.17, 15) is 4.79 Å². The third kappa shape index (κ3) is 5.66. The highest BCUT2D eigenvalue weighted by atomic mass is 16.5. The van der Waals surface area contributed by atoms with Crippen LogP contribution in [-0.2, 0) is 0 Å². The Bertz CT molecular complexity index is 349. The minimum atomic E-state index is -1.02. The number of carbonyl (C=O) groups is 1. The second kappa shape index (κ2) is 8.50. The van der Waals surface area contributed by atoms with Crippen LogP contribution in [0.4, 0.5) is 0 Å². The summed E-state index contributed by atoms with van der Waals surface area (Å²) >= 11 is 0. The van der Waals surface area contributed by atoms with Gasteiger partial charge in [-0.25, -0.2) is 9.78 Å². The summed E-state index contributed by atoms with van der Waals surface area (Å²) in [6, 6.07) is 3.10. The van der Waals surface area contributed by atoms with Crippen LogP contribution >= 0.6 is 0 Å². The van der Waals surface area contributed by atoms with E-state index in [4.69, 9.17) is 9.84 Å². The van der Waals surface area contributed by atoms with Crippen molar-refractivity contribution >= 4 is 5.97 Å². The van der Waals surface area contributed by atoms with Gasteiger partial charge >= 0.3 is 5.97 Å². The Morgan fingerprint density at radius 2 is 1.94 bits per heavy atom. The van der Waals surface area contributed by atoms with Crippen LogP contribution in [0.15, 0.2) is 18.3 Å². The molecule has 18 heavy (non-hydrogen) atoms. The summed E-state index contributed by atoms with van der Waals surface area (Å²) in [5.74, 6) is -0.383. The van der Waals surface area contributed by atoms with E-state index in [0.717, 1.165) is 6.42 Å². The van der Waals surface area contributed by atoms with Crippen molar-refractivity contribution in [1.82, 2.24) is 4.98 Å². The Morgan fingerprint density at radius 1 is 1.22 bits per heavy atom. The van der Waals surface area contributed by atoms with Crippen molar-refractivity contribution in [2.24, 2.45) is 0 Å². The number of aromatic nitrogens is 1. The van der Waals surface area contributed by atoms with Gasteiger partial charge in [-0.15, -0.1) is 0 Å². The first-order valence-corrected chi connectivity index (χ1v) is 6.56. The molecule has 0 aliphatic heterocycles. The number of hydrogen-bond donors (Lipinski definition) is 1. The lowest BCUT2D eigenvalue weighted by atomic mass is 10.1. The number of carboxylic acids is 1. The summed E-state index contributed by atoms with van der Waals surface area (Å²) in [6.45, 7) is 2.87. The van der Waals surface area contributed by atoms with Crippen molar-refractivity contribution in [3.05, 3.63) is 24.0 Å². The van der Waals surface area contributed by atoms with E-state index in [2.05, 4.69) is 11.9 Å². The van der Waals surface area contributed by atoms with Gasteiger partial charge in [-0.3, -0.25) is 0 Å². The third-order valence-electron chi connectivity index (χ3n) is 2.72. The van der Waals surface area contributed by atoms with Crippen LogP contribution in [0.5, 0.6) is 5.75 Å². The van der Waals surface area contributed by atoms with Gasteiger partial charge in [0, 0.05) is 0 Å². The fraction of sp³-hybridized carbons (Fsp3) is 0.571. The molecular weight excluding hydrogens is 230 g/mol. The quantitative estimate of drug-likeness (QED) is 0.682. The topological polar surface area (TPSA) is 59.4 Å². The Hall–Kier alpha value is -1.58. The number of rotatable bonds is 9. The Balaban J connectivity index is 2.14. The number of hydrogen-bond acceptors (Lipinski definition) is 3. The minimum Gasteiger partial charge on any atom is -0.492 e. The van der Waals surface area contributed by atoms with Crippen LogP contribution in [0, 0.1) is 0 Å². The maximum absolute atomic E-state index is 10.6. The highest BCUT2D eigenvalue weighted by Gasteiger charge is 2.03. The fourth-order valence-corrected chi connectivity index (χ4v) is 1.66. The molecule has 1 aromatic heterocycles. The van der Waals surface area contributed by atoms with E-state index in [-0.39, 0.29) is 5.69 Å². The van der Waals surface area contributed by atoms with E-state index in [0.29, 0.717) is 12.4 Å². The first-order valence-electron chi connectivity index (χ1n) is 6.56. The number of nitrogens with zero attached hydrogens (tertiary/aromatic N) is 1. The Morgan fingerprint density at radius 3 is 2.56 bits per heavy atom. The molecule has 0 amide bonds. The molecule has 1 rings (SSSR count). The van der Waals surface area contributed by atoms with Crippen LogP contribution in [0.2, 0.25) is 0 Å². The van der Waals surface area contributed by atoms with Crippen molar-refractivity contribution in [2.45, 2.75) is 45.4 Å². The molecule has 1 N–H and O–H groups in total. The predicted octanol–water partition coefficient (Wildman–Crippen LogP) is 3.52. The summed E-state index contributed by atoms with van der Waals surface area (Å²) in [5, 5.41) is 8.69. The molecule has 0 aliphatic rings. The fourth-order valence-electron chi connectivity index (χ4n) is 1.66. The molecule has 100 valence electrons. The Kier molecular flexibility index (Phi) is 6.84. The van der Waals surface area contributed by atoms with Gasteiger partial charge in [-0.2, -0.15) is 0 Å². The maximum Gasteiger partial charge on any atom is 0.354 e. The van der Waals surface area contributed by atoms with Crippen LogP contribution < -0.4 is 4.74 Å². The van der Waals surface area contributed by atoms with E-state index in [1.54, 1.807) is 6.07 Å². The molecule has 0 atom stereocenters. The Labute approximate surface area is 108 Å². The van der Waals surface area contributed by atoms with Crippen molar-refractivity contribution in [1.29, 1.82) is 0 Å². The van der Waals surface area contributed by atoms with Crippen LogP contribution in [-0.4, -0.2) is 22.7 Å². The number of carboxylic acid groups (broad SMARTS) is 1. The monoisotopic (exact) mass is 251 g/mol. The highest BCUT2D eigenvalue weighted by molar-refractivity contribution is 5.85. The molecule has 4 heteroatoms. The molecule has 0 unspecified atom stereocenters. The van der Waals surface area contributed by atoms with Gasteiger partial charge in [0.2, 0.25) is 0 Å². The molecule has 1 aromatic rings. The van der Waals surface area contributed by atoms with Gasteiger partial charge < -0.3 is 9.84 Å². The molecule has 0 saturated heterocycles. The SMILES string of the molecule is CCCCCCCCOc1ccc(C(=O)O)nc1. The summed E-state index contributed by atoms with van der Waals surface area (Å²) < 4.78 is 5.49. The third-order valence-corrected chi connectivity index (χ3v) is 2.72. The van der Waals surface area contributed by atoms with Crippen LogP contribution in [0.3, 0.4) is 0 Å². The van der Waals surface area contributed by atoms with Crippen LogP contribution in [0.25, 0.3) is 0 Å². The summed E-state index contributed by atoms with van der Waals surface area (Å²) in [7, 11) is 0. The van der Waals surface area contributed by atoms with Gasteiger partial charge in [0.15, 0.2) is 0 Å². The molecule has 0 aromatic carbocycles. The second-order valence-corrected chi connectivity index (χ2v) is 4.30. The number of aromatic carboxylic acids is 1. The zero-order valence-electron chi connectivity index (χ0n) is 10.9. The van der Waals surface area contributed by atoms with Gasteiger partial charge in [-0.1, -0.05) is 39.0 Å². The van der Waals surface area contributed by atoms with Crippen LogP contribution in [0.1, 0.15) is 55.9 Å². The molecular formula is C14H21NO3. The molecule has 0 saturated carbocycles. The zero-order chi connectivity index (χ0) is 13.2. The average molecular weight is 251 g/mol. The van der Waals surface area contributed by atoms with E-state index in [1.165, 1.54) is 44.4 Å². The molecule has 0 aliphatic carbocycles. The molecule has 0 radical (unpaired) electrons. The first kappa shape index (κ1) is 14.5. The molecule has 1 heterocycles. The van der Waals surface area contributed by atoms with Gasteiger partial charge in [-0.05, 0) is 18.6 Å². The lowest BCUT2D eigenvalue weighted by molar-refractivity contribution is 0.0690. The molecule has 0 bridgehead atoms. The smallest absolute Gasteiger partial charge is 0.354 e. The van der Waals surface area contributed by atoms with E-state index in [1.807, 2.05) is 0 Å². The van der Waals surface area contributed by atoms with Crippen molar-refractivity contribution in [2.75, 3.05) is 6.61 Å². The number of ether oxygens (including phenoxy) is 1. The largest absolute Gasteiger partial charge is 0.492 e. The lowest BCUT2D eigenvalue weighted by Gasteiger charge is -2.05. The minimum absolute atomic E-state index is 0.0434. The second-order valence-electron chi connectivity index (χ2n) is 4.30.